The number of nitrogens with zero attached hydrogens (tertiary/aromatic N) is 6. The van der Waals surface area contributed by atoms with Gasteiger partial charge in [-0.25, -0.2) is 18.6 Å². The third-order valence-corrected chi connectivity index (χ3v) is 6.34. The van der Waals surface area contributed by atoms with E-state index in [2.05, 4.69) is 21.6 Å². The third kappa shape index (κ3) is 4.54. The number of alkyl halides is 3. The van der Waals surface area contributed by atoms with Gasteiger partial charge in [-0.1, -0.05) is 12.1 Å². The summed E-state index contributed by atoms with van der Waals surface area (Å²) in [5.74, 6) is -0.461. The Hall–Kier alpha value is -5.18. The van der Waals surface area contributed by atoms with E-state index in [0.29, 0.717) is 33.6 Å². The number of carbonyl (C=O) groups is 1. The van der Waals surface area contributed by atoms with Crippen LogP contribution in [0.3, 0.4) is 0 Å². The molecule has 1 amide bonds. The van der Waals surface area contributed by atoms with Crippen LogP contribution < -0.4 is 11.0 Å². The van der Waals surface area contributed by atoms with Crippen LogP contribution in [-0.2, 0) is 17.5 Å². The summed E-state index contributed by atoms with van der Waals surface area (Å²) in [5, 5.41) is 20.3. The van der Waals surface area contributed by atoms with Gasteiger partial charge in [-0.2, -0.15) is 23.5 Å². The summed E-state index contributed by atoms with van der Waals surface area (Å²) in [7, 11) is 1.42. The lowest BCUT2D eigenvalue weighted by Gasteiger charge is -2.16. The van der Waals surface area contributed by atoms with E-state index >= 15 is 0 Å². The number of carbonyl (C=O) groups excluding carboxylic acids is 1. The van der Waals surface area contributed by atoms with Crippen molar-refractivity contribution in [1.82, 2.24) is 29.3 Å². The Kier molecular flexibility index (Phi) is 6.27. The molecule has 0 saturated heterocycles. The van der Waals surface area contributed by atoms with E-state index in [1.54, 1.807) is 48.1 Å². The second-order valence-electron chi connectivity index (χ2n) is 8.72. The van der Waals surface area contributed by atoms with Gasteiger partial charge < -0.3 is 5.32 Å². The fraction of sp³-hybridized carbons (Fsp3) is 0.148. The maximum Gasteiger partial charge on any atom is 0.416 e. The zero-order valence-corrected chi connectivity index (χ0v) is 20.7. The highest BCUT2D eigenvalue weighted by Gasteiger charge is 2.31. The Labute approximate surface area is 219 Å². The number of hydrogen-bond donors (Lipinski definition) is 1. The maximum absolute atomic E-state index is 13.6. The van der Waals surface area contributed by atoms with Crippen LogP contribution in [0.2, 0.25) is 0 Å². The molecule has 0 unspecified atom stereocenters. The van der Waals surface area contributed by atoms with Crippen molar-refractivity contribution in [2.45, 2.75) is 19.6 Å². The van der Waals surface area contributed by atoms with Crippen molar-refractivity contribution in [3.63, 3.8) is 0 Å². The van der Waals surface area contributed by atoms with Gasteiger partial charge in [0.25, 0.3) is 0 Å². The molecule has 12 heteroatoms. The Morgan fingerprint density at radius 2 is 1.87 bits per heavy atom. The lowest BCUT2D eigenvalue weighted by Crippen LogP contribution is -2.30. The zero-order chi connectivity index (χ0) is 27.9. The first-order valence-corrected chi connectivity index (χ1v) is 11.7. The summed E-state index contributed by atoms with van der Waals surface area (Å²) < 4.78 is 44.6. The summed E-state index contributed by atoms with van der Waals surface area (Å²) in [4.78, 5) is 25.3. The van der Waals surface area contributed by atoms with E-state index in [1.807, 2.05) is 0 Å². The normalized spacial score (nSPS) is 11.5. The number of pyridine rings is 1. The highest BCUT2D eigenvalue weighted by Crippen LogP contribution is 2.37. The molecule has 0 fully saturated rings. The van der Waals surface area contributed by atoms with Crippen LogP contribution in [0.5, 0.6) is 0 Å². The fourth-order valence-electron chi connectivity index (χ4n) is 4.40. The molecule has 9 nitrogen and oxygen atoms in total. The smallest absolute Gasteiger partial charge is 0.358 e. The molecule has 39 heavy (non-hydrogen) atoms. The third-order valence-electron chi connectivity index (χ3n) is 6.34. The van der Waals surface area contributed by atoms with E-state index < -0.39 is 23.3 Å². The lowest BCUT2D eigenvalue weighted by molar-refractivity contribution is -0.137. The molecule has 5 aromatic rings. The first-order chi connectivity index (χ1) is 18.6. The van der Waals surface area contributed by atoms with Crippen LogP contribution in [0.4, 0.5) is 13.2 Å². The highest BCUT2D eigenvalue weighted by atomic mass is 19.4. The van der Waals surface area contributed by atoms with Crippen molar-refractivity contribution in [3.05, 3.63) is 94.2 Å². The van der Waals surface area contributed by atoms with Crippen LogP contribution in [0, 0.1) is 18.3 Å². The van der Waals surface area contributed by atoms with Crippen molar-refractivity contribution in [3.8, 4) is 34.1 Å². The molecule has 0 saturated carbocycles. The zero-order valence-electron chi connectivity index (χ0n) is 20.7. The standard InChI is InChI=1S/C27H20F3N7O2/c1-16-21(22-10-11-33-37(22)20-8-6-17(13-31)7-9-20)14-35-25(34-36(26(35)39)15-23(38)32-2)24(16)18-4-3-5-19(12-18)27(28,29)30/h3-12,14H,15H2,1-2H3,(H,32,38). The minimum atomic E-state index is -4.58. The minimum Gasteiger partial charge on any atom is -0.358 e. The second kappa shape index (κ2) is 9.60. The van der Waals surface area contributed by atoms with Crippen LogP contribution >= 0.6 is 0 Å². The molecule has 0 spiro atoms. The van der Waals surface area contributed by atoms with Crippen LogP contribution in [-0.4, -0.2) is 36.9 Å². The monoisotopic (exact) mass is 531 g/mol. The van der Waals surface area contributed by atoms with Gasteiger partial charge in [0.05, 0.1) is 34.8 Å². The van der Waals surface area contributed by atoms with E-state index in [9.17, 15) is 22.8 Å². The predicted molar refractivity (Wildman–Crippen MR) is 136 cm³/mol. The molecular formula is C27H20F3N7O2. The Bertz CT molecular complexity index is 1820. The number of halogens is 3. The number of nitrogens with one attached hydrogen (secondary N) is 1. The van der Waals surface area contributed by atoms with Crippen LogP contribution in [0.25, 0.3) is 33.7 Å². The predicted octanol–water partition coefficient (Wildman–Crippen LogP) is 3.96. The Balaban J connectivity index is 1.80. The molecule has 0 aliphatic rings. The van der Waals surface area contributed by atoms with Gasteiger partial charge in [0.1, 0.15) is 6.54 Å². The molecule has 1 N–H and O–H groups in total. The van der Waals surface area contributed by atoms with Gasteiger partial charge in [-0.05, 0) is 60.5 Å². The van der Waals surface area contributed by atoms with Gasteiger partial charge in [-0.15, -0.1) is 5.10 Å². The number of benzene rings is 2. The highest BCUT2D eigenvalue weighted by molar-refractivity contribution is 5.86. The summed E-state index contributed by atoms with van der Waals surface area (Å²) >= 11 is 0. The molecule has 196 valence electrons. The van der Waals surface area contributed by atoms with Gasteiger partial charge in [-0.3, -0.25) is 4.79 Å². The van der Waals surface area contributed by atoms with E-state index in [0.717, 1.165) is 16.8 Å². The quantitative estimate of drug-likeness (QED) is 0.369. The molecule has 5 rings (SSSR count). The van der Waals surface area contributed by atoms with Crippen molar-refractivity contribution < 1.29 is 18.0 Å². The van der Waals surface area contributed by atoms with Gasteiger partial charge >= 0.3 is 11.9 Å². The Morgan fingerprint density at radius 1 is 1.13 bits per heavy atom. The number of amides is 1. The van der Waals surface area contributed by atoms with Gasteiger partial charge in [0.2, 0.25) is 5.91 Å². The summed E-state index contributed by atoms with van der Waals surface area (Å²) in [6.07, 6.45) is -1.49. The minimum absolute atomic E-state index is 0.105. The molecule has 3 heterocycles. The molecule has 3 aromatic heterocycles. The number of fused-ring (bicyclic) bond motifs is 1. The molecule has 0 aliphatic heterocycles. The van der Waals surface area contributed by atoms with Crippen molar-refractivity contribution in [2.75, 3.05) is 7.05 Å². The number of likely N-dealkylation sites (N-methyl/N-ethyl adjacent to an activating group) is 1. The van der Waals surface area contributed by atoms with Gasteiger partial charge in [0.15, 0.2) is 5.65 Å². The summed E-state index contributed by atoms with van der Waals surface area (Å²) in [6, 6.07) is 15.2. The maximum atomic E-state index is 13.6. The van der Waals surface area contributed by atoms with Gasteiger partial charge in [0, 0.05) is 24.4 Å². The van der Waals surface area contributed by atoms with E-state index in [1.165, 1.54) is 29.8 Å². The Morgan fingerprint density at radius 3 is 2.54 bits per heavy atom. The first kappa shape index (κ1) is 25.5. The lowest BCUT2D eigenvalue weighted by atomic mass is 9.95. The second-order valence-corrected chi connectivity index (χ2v) is 8.72. The fourth-order valence-corrected chi connectivity index (χ4v) is 4.40. The topological polar surface area (TPSA) is 110 Å². The average molecular weight is 531 g/mol. The first-order valence-electron chi connectivity index (χ1n) is 11.7. The molecule has 2 aromatic carbocycles. The number of rotatable bonds is 5. The average Bonchev–Trinajstić information content (AvgIpc) is 3.52. The van der Waals surface area contributed by atoms with Crippen molar-refractivity contribution in [2.24, 2.45) is 0 Å². The molecule has 0 aliphatic carbocycles. The van der Waals surface area contributed by atoms with Crippen molar-refractivity contribution in [1.29, 1.82) is 5.26 Å². The number of aromatic nitrogens is 5. The van der Waals surface area contributed by atoms with Crippen LogP contribution in [0.15, 0.2) is 71.8 Å². The number of hydrogen-bond acceptors (Lipinski definition) is 5. The van der Waals surface area contributed by atoms with Crippen molar-refractivity contribution >= 4 is 11.6 Å². The molecule has 0 bridgehead atoms. The molecule has 0 radical (unpaired) electrons. The SMILES string of the molecule is CNC(=O)Cn1nc2c(-c3cccc(C(F)(F)F)c3)c(C)c(-c3ccnn3-c3ccc(C#N)cc3)cn2c1=O. The molecular weight excluding hydrogens is 511 g/mol. The largest absolute Gasteiger partial charge is 0.416 e. The summed E-state index contributed by atoms with van der Waals surface area (Å²) in [6.45, 7) is 1.36. The van der Waals surface area contributed by atoms with Crippen LogP contribution in [0.1, 0.15) is 16.7 Å². The van der Waals surface area contributed by atoms with E-state index in [4.69, 9.17) is 5.26 Å². The number of nitriles is 1. The van der Waals surface area contributed by atoms with E-state index in [-0.39, 0.29) is 17.8 Å². The summed E-state index contributed by atoms with van der Waals surface area (Å²) in [5.41, 5.74) is 1.85. The molecule has 0 atom stereocenters.